The van der Waals surface area contributed by atoms with Crippen LogP contribution in [0.3, 0.4) is 0 Å². The van der Waals surface area contributed by atoms with Gasteiger partial charge in [-0.25, -0.2) is 0 Å². The van der Waals surface area contributed by atoms with Gasteiger partial charge in [-0.1, -0.05) is 15.9 Å². The van der Waals surface area contributed by atoms with Gasteiger partial charge < -0.3 is 10.8 Å². The highest BCUT2D eigenvalue weighted by Gasteiger charge is 1.98. The van der Waals surface area contributed by atoms with Crippen molar-refractivity contribution in [1.82, 2.24) is 0 Å². The van der Waals surface area contributed by atoms with Crippen LogP contribution in [0.2, 0.25) is 0 Å². The molecular weight excluding hydrogens is 206 g/mol. The van der Waals surface area contributed by atoms with Crippen LogP contribution < -0.4 is 5.73 Å². The van der Waals surface area contributed by atoms with Gasteiger partial charge in [-0.15, -0.1) is 0 Å². The van der Waals surface area contributed by atoms with E-state index in [0.29, 0.717) is 0 Å². The summed E-state index contributed by atoms with van der Waals surface area (Å²) < 4.78 is 0. The fourth-order valence-corrected chi connectivity index (χ4v) is 1.34. The van der Waals surface area contributed by atoms with Crippen LogP contribution in [0.5, 0.6) is 5.75 Å². The largest absolute Gasteiger partial charge is 0.508 e. The molecule has 0 aliphatic heterocycles. The van der Waals surface area contributed by atoms with Gasteiger partial charge in [-0.05, 0) is 30.2 Å². The molecule has 0 aliphatic rings. The average Bonchev–Trinajstić information content (AvgIpc) is 1.98. The minimum absolute atomic E-state index is 0.273. The molecule has 1 rings (SSSR count). The van der Waals surface area contributed by atoms with Crippen molar-refractivity contribution in [3.63, 3.8) is 0 Å². The number of nitrogen functional groups attached to an aromatic ring is 1. The number of halogens is 1. The predicted octanol–water partition coefficient (Wildman–Crippen LogP) is 1.91. The highest BCUT2D eigenvalue weighted by Crippen LogP contribution is 2.19. The normalized spacial score (nSPS) is 9.91. The Hall–Kier alpha value is -0.700. The topological polar surface area (TPSA) is 46.2 Å². The lowest BCUT2D eigenvalue weighted by Gasteiger charge is -2.02. The third-order valence-electron chi connectivity index (χ3n) is 1.49. The smallest absolute Gasteiger partial charge is 0.116 e. The summed E-state index contributed by atoms with van der Waals surface area (Å²) in [5, 5.41) is 9.96. The van der Waals surface area contributed by atoms with E-state index >= 15 is 0 Å². The number of hydrogen-bond donors (Lipinski definition) is 2. The van der Waals surface area contributed by atoms with Crippen molar-refractivity contribution in [1.29, 1.82) is 0 Å². The van der Waals surface area contributed by atoms with Crippen LogP contribution in [0.1, 0.15) is 5.56 Å². The summed E-state index contributed by atoms with van der Waals surface area (Å²) in [7, 11) is 0. The van der Waals surface area contributed by atoms with E-state index in [2.05, 4.69) is 15.9 Å². The number of anilines is 1. The zero-order valence-corrected chi connectivity index (χ0v) is 7.63. The highest BCUT2D eigenvalue weighted by atomic mass is 79.9. The Balaban J connectivity index is 2.93. The first kappa shape index (κ1) is 8.40. The Labute approximate surface area is 74.2 Å². The maximum absolute atomic E-state index is 9.09. The molecule has 0 fully saturated rings. The summed E-state index contributed by atoms with van der Waals surface area (Å²) >= 11 is 3.31. The van der Waals surface area contributed by atoms with Gasteiger partial charge in [0.05, 0.1) is 0 Å². The fourth-order valence-electron chi connectivity index (χ4n) is 0.910. The van der Waals surface area contributed by atoms with Crippen LogP contribution in [-0.2, 0) is 6.42 Å². The van der Waals surface area contributed by atoms with Crippen LogP contribution in [-0.4, -0.2) is 10.4 Å². The number of rotatable bonds is 2. The van der Waals surface area contributed by atoms with Gasteiger partial charge in [0, 0.05) is 11.0 Å². The molecule has 2 nitrogen and oxygen atoms in total. The summed E-state index contributed by atoms with van der Waals surface area (Å²) in [6.07, 6.45) is 0.847. The van der Waals surface area contributed by atoms with E-state index in [9.17, 15) is 0 Å². The maximum atomic E-state index is 9.09. The summed E-state index contributed by atoms with van der Waals surface area (Å²) in [5.74, 6) is 0.273. The molecule has 0 heterocycles. The molecule has 0 unspecified atom stereocenters. The first-order valence-corrected chi connectivity index (χ1v) is 4.49. The SMILES string of the molecule is Nc1ccc(O)cc1CCBr. The molecule has 0 saturated heterocycles. The fraction of sp³-hybridized carbons (Fsp3) is 0.250. The zero-order valence-electron chi connectivity index (χ0n) is 6.05. The van der Waals surface area contributed by atoms with E-state index in [1.807, 2.05) is 0 Å². The van der Waals surface area contributed by atoms with Crippen molar-refractivity contribution in [2.24, 2.45) is 0 Å². The second kappa shape index (κ2) is 3.62. The van der Waals surface area contributed by atoms with Crippen LogP contribution in [0, 0.1) is 0 Å². The molecule has 0 aliphatic carbocycles. The monoisotopic (exact) mass is 215 g/mol. The molecule has 11 heavy (non-hydrogen) atoms. The van der Waals surface area contributed by atoms with Gasteiger partial charge in [0.15, 0.2) is 0 Å². The Bertz CT molecular complexity index is 250. The first-order chi connectivity index (χ1) is 5.24. The first-order valence-electron chi connectivity index (χ1n) is 3.37. The molecule has 3 heteroatoms. The van der Waals surface area contributed by atoms with E-state index in [4.69, 9.17) is 10.8 Å². The van der Waals surface area contributed by atoms with Crippen molar-refractivity contribution >= 4 is 21.6 Å². The lowest BCUT2D eigenvalue weighted by Crippen LogP contribution is -1.94. The standard InChI is InChI=1S/C8H10BrNO/c9-4-3-6-5-7(11)1-2-8(6)10/h1-2,5,11H,3-4,10H2. The molecule has 60 valence electrons. The number of nitrogens with two attached hydrogens (primary N) is 1. The van der Waals surface area contributed by atoms with E-state index in [1.54, 1.807) is 18.2 Å². The molecule has 1 aromatic carbocycles. The number of aryl methyl sites for hydroxylation is 1. The number of hydrogen-bond acceptors (Lipinski definition) is 2. The predicted molar refractivity (Wildman–Crippen MR) is 50.0 cm³/mol. The number of alkyl halides is 1. The van der Waals surface area contributed by atoms with Gasteiger partial charge in [0.25, 0.3) is 0 Å². The van der Waals surface area contributed by atoms with Crippen molar-refractivity contribution < 1.29 is 5.11 Å². The number of aromatic hydroxyl groups is 1. The lowest BCUT2D eigenvalue weighted by atomic mass is 10.1. The molecule has 0 radical (unpaired) electrons. The Morgan fingerprint density at radius 1 is 1.45 bits per heavy atom. The van der Waals surface area contributed by atoms with Crippen LogP contribution >= 0.6 is 15.9 Å². The summed E-state index contributed by atoms with van der Waals surface area (Å²) in [5.41, 5.74) is 7.37. The summed E-state index contributed by atoms with van der Waals surface area (Å²) in [4.78, 5) is 0. The van der Waals surface area contributed by atoms with Crippen LogP contribution in [0.25, 0.3) is 0 Å². The molecule has 0 saturated carbocycles. The van der Waals surface area contributed by atoms with Crippen molar-refractivity contribution in [3.05, 3.63) is 23.8 Å². The molecule has 3 N–H and O–H groups in total. The number of phenolic OH excluding ortho intramolecular Hbond substituents is 1. The van der Waals surface area contributed by atoms with Gasteiger partial charge in [-0.3, -0.25) is 0 Å². The molecule has 1 aromatic rings. The van der Waals surface area contributed by atoms with Crippen LogP contribution in [0.4, 0.5) is 5.69 Å². The minimum Gasteiger partial charge on any atom is -0.508 e. The molecule has 0 bridgehead atoms. The summed E-state index contributed by atoms with van der Waals surface area (Å²) in [6.45, 7) is 0. The average molecular weight is 216 g/mol. The highest BCUT2D eigenvalue weighted by molar-refractivity contribution is 9.09. The van der Waals surface area contributed by atoms with Crippen molar-refractivity contribution in [3.8, 4) is 5.75 Å². The summed E-state index contributed by atoms with van der Waals surface area (Å²) in [6, 6.07) is 5.00. The van der Waals surface area contributed by atoms with Gasteiger partial charge in [0.1, 0.15) is 5.75 Å². The molecule has 0 atom stereocenters. The van der Waals surface area contributed by atoms with Gasteiger partial charge in [0.2, 0.25) is 0 Å². The van der Waals surface area contributed by atoms with Crippen molar-refractivity contribution in [2.45, 2.75) is 6.42 Å². The Kier molecular flexibility index (Phi) is 2.76. The number of phenols is 1. The third kappa shape index (κ3) is 2.12. The van der Waals surface area contributed by atoms with E-state index in [0.717, 1.165) is 23.0 Å². The zero-order chi connectivity index (χ0) is 8.27. The molecule has 0 aromatic heterocycles. The van der Waals surface area contributed by atoms with E-state index in [1.165, 1.54) is 0 Å². The Morgan fingerprint density at radius 2 is 2.18 bits per heavy atom. The van der Waals surface area contributed by atoms with E-state index in [-0.39, 0.29) is 5.75 Å². The van der Waals surface area contributed by atoms with Crippen LogP contribution in [0.15, 0.2) is 18.2 Å². The minimum atomic E-state index is 0.273. The lowest BCUT2D eigenvalue weighted by molar-refractivity contribution is 0.475. The quantitative estimate of drug-likeness (QED) is 0.450. The van der Waals surface area contributed by atoms with Gasteiger partial charge >= 0.3 is 0 Å². The molecule has 0 spiro atoms. The molecule has 0 amide bonds. The molecular formula is C8H10BrNO. The van der Waals surface area contributed by atoms with Crippen molar-refractivity contribution in [2.75, 3.05) is 11.1 Å². The second-order valence-corrected chi connectivity index (χ2v) is 3.12. The maximum Gasteiger partial charge on any atom is 0.116 e. The Morgan fingerprint density at radius 3 is 2.82 bits per heavy atom. The second-order valence-electron chi connectivity index (χ2n) is 2.32. The van der Waals surface area contributed by atoms with Gasteiger partial charge in [-0.2, -0.15) is 0 Å². The number of benzene rings is 1. The third-order valence-corrected chi connectivity index (χ3v) is 1.89. The van der Waals surface area contributed by atoms with E-state index < -0.39 is 0 Å².